The second-order valence-electron chi connectivity index (χ2n) is 5.21. The lowest BCUT2D eigenvalue weighted by Gasteiger charge is -2.10. The third kappa shape index (κ3) is 3.42. The Morgan fingerprint density at radius 1 is 1.08 bits per heavy atom. The predicted octanol–water partition coefficient (Wildman–Crippen LogP) is 6.02. The predicted molar refractivity (Wildman–Crippen MR) is 110 cm³/mol. The standard InChI is InChI=1S/C17H11Cl4N3OS/c1-26-17-13(15(25)9-4-2-3-5-10(9)19)16(22)24(23-17)14-11(20)6-8(18)7-12(14)21/h2-7H,22H2,1H3. The molecule has 1 aromatic heterocycles. The van der Waals surface area contributed by atoms with Gasteiger partial charge in [0.1, 0.15) is 16.5 Å². The van der Waals surface area contributed by atoms with Gasteiger partial charge in [0.05, 0.1) is 20.6 Å². The second kappa shape index (κ2) is 7.71. The van der Waals surface area contributed by atoms with Crippen molar-refractivity contribution in [2.75, 3.05) is 12.0 Å². The van der Waals surface area contributed by atoms with Crippen LogP contribution in [0.3, 0.4) is 0 Å². The van der Waals surface area contributed by atoms with E-state index in [0.29, 0.717) is 26.3 Å². The Bertz CT molecular complexity index is 996. The first-order chi connectivity index (χ1) is 12.3. The minimum atomic E-state index is -0.329. The number of hydrogen-bond acceptors (Lipinski definition) is 4. The lowest BCUT2D eigenvalue weighted by atomic mass is 10.1. The van der Waals surface area contributed by atoms with Crippen molar-refractivity contribution in [3.8, 4) is 5.69 Å². The molecule has 0 atom stereocenters. The van der Waals surface area contributed by atoms with Gasteiger partial charge in [0, 0.05) is 10.6 Å². The van der Waals surface area contributed by atoms with Crippen molar-refractivity contribution in [1.29, 1.82) is 0 Å². The van der Waals surface area contributed by atoms with Crippen LogP contribution in [-0.2, 0) is 0 Å². The number of anilines is 1. The number of hydrogen-bond donors (Lipinski definition) is 1. The zero-order valence-electron chi connectivity index (χ0n) is 13.3. The number of ketones is 1. The SMILES string of the molecule is CSc1nn(-c2c(Cl)cc(Cl)cc2Cl)c(N)c1C(=O)c1ccccc1Cl. The van der Waals surface area contributed by atoms with Gasteiger partial charge in [-0.15, -0.1) is 11.8 Å². The van der Waals surface area contributed by atoms with Gasteiger partial charge in [-0.2, -0.15) is 5.10 Å². The topological polar surface area (TPSA) is 60.9 Å². The summed E-state index contributed by atoms with van der Waals surface area (Å²) in [5.41, 5.74) is 7.18. The number of rotatable bonds is 4. The van der Waals surface area contributed by atoms with Gasteiger partial charge in [-0.25, -0.2) is 4.68 Å². The van der Waals surface area contributed by atoms with Crippen LogP contribution in [-0.4, -0.2) is 21.8 Å². The van der Waals surface area contributed by atoms with Crippen LogP contribution in [0.1, 0.15) is 15.9 Å². The number of aromatic nitrogens is 2. The van der Waals surface area contributed by atoms with Crippen LogP contribution in [0.4, 0.5) is 5.82 Å². The number of carbonyl (C=O) groups excluding carboxylic acids is 1. The van der Waals surface area contributed by atoms with Gasteiger partial charge < -0.3 is 5.73 Å². The third-order valence-electron chi connectivity index (χ3n) is 3.62. The van der Waals surface area contributed by atoms with E-state index in [0.717, 1.165) is 0 Å². The summed E-state index contributed by atoms with van der Waals surface area (Å²) in [5, 5.41) is 6.09. The maximum Gasteiger partial charge on any atom is 0.201 e. The average molecular weight is 447 g/mol. The Labute approximate surface area is 174 Å². The summed E-state index contributed by atoms with van der Waals surface area (Å²) in [6.45, 7) is 0. The molecule has 2 N–H and O–H groups in total. The molecule has 0 radical (unpaired) electrons. The van der Waals surface area contributed by atoms with Gasteiger partial charge in [-0.1, -0.05) is 58.5 Å². The summed E-state index contributed by atoms with van der Waals surface area (Å²) in [7, 11) is 0. The van der Waals surface area contributed by atoms with E-state index in [1.165, 1.54) is 28.6 Å². The lowest BCUT2D eigenvalue weighted by Crippen LogP contribution is -2.08. The third-order valence-corrected chi connectivity index (χ3v) is 5.42. The molecular formula is C17H11Cl4N3OS. The van der Waals surface area contributed by atoms with E-state index in [9.17, 15) is 4.79 Å². The summed E-state index contributed by atoms with van der Waals surface area (Å²) >= 11 is 25.9. The van der Waals surface area contributed by atoms with Crippen molar-refractivity contribution >= 4 is 69.8 Å². The first kappa shape index (κ1) is 19.4. The molecule has 0 saturated heterocycles. The normalized spacial score (nSPS) is 11.0. The van der Waals surface area contributed by atoms with E-state index in [-0.39, 0.29) is 27.2 Å². The highest BCUT2D eigenvalue weighted by molar-refractivity contribution is 7.98. The van der Waals surface area contributed by atoms with E-state index in [1.54, 1.807) is 30.5 Å². The van der Waals surface area contributed by atoms with E-state index >= 15 is 0 Å². The second-order valence-corrected chi connectivity index (χ2v) is 7.66. The molecule has 3 rings (SSSR count). The molecule has 26 heavy (non-hydrogen) atoms. The summed E-state index contributed by atoms with van der Waals surface area (Å²) in [5.74, 6) is -0.213. The number of halogens is 4. The monoisotopic (exact) mass is 445 g/mol. The van der Waals surface area contributed by atoms with Gasteiger partial charge in [-0.3, -0.25) is 4.79 Å². The molecule has 0 aliphatic heterocycles. The molecule has 0 amide bonds. The number of benzene rings is 2. The molecule has 1 heterocycles. The summed E-state index contributed by atoms with van der Waals surface area (Å²) in [4.78, 5) is 13.0. The zero-order valence-corrected chi connectivity index (χ0v) is 17.1. The molecule has 0 bridgehead atoms. The fraction of sp³-hybridized carbons (Fsp3) is 0.0588. The first-order valence-corrected chi connectivity index (χ1v) is 9.95. The molecule has 0 unspecified atom stereocenters. The van der Waals surface area contributed by atoms with E-state index in [1.807, 2.05) is 0 Å². The van der Waals surface area contributed by atoms with Crippen molar-refractivity contribution in [3.63, 3.8) is 0 Å². The molecule has 0 saturated carbocycles. The van der Waals surface area contributed by atoms with Crippen LogP contribution in [0.2, 0.25) is 20.1 Å². The van der Waals surface area contributed by atoms with E-state index in [4.69, 9.17) is 52.1 Å². The number of nitrogens with zero attached hydrogens (tertiary/aromatic N) is 2. The molecule has 2 aromatic carbocycles. The van der Waals surface area contributed by atoms with Crippen molar-refractivity contribution < 1.29 is 4.79 Å². The van der Waals surface area contributed by atoms with Gasteiger partial charge in [-0.05, 0) is 30.5 Å². The van der Waals surface area contributed by atoms with Crippen molar-refractivity contribution in [2.24, 2.45) is 0 Å². The molecule has 0 fully saturated rings. The largest absolute Gasteiger partial charge is 0.383 e. The lowest BCUT2D eigenvalue weighted by molar-refractivity contribution is 0.103. The fourth-order valence-electron chi connectivity index (χ4n) is 2.45. The minimum Gasteiger partial charge on any atom is -0.383 e. The average Bonchev–Trinajstić information content (AvgIpc) is 2.90. The molecule has 3 aromatic rings. The Morgan fingerprint density at radius 2 is 1.69 bits per heavy atom. The summed E-state index contributed by atoms with van der Waals surface area (Å²) in [6.07, 6.45) is 1.79. The highest BCUT2D eigenvalue weighted by Crippen LogP contribution is 2.37. The number of nitrogens with two attached hydrogens (primary N) is 1. The zero-order chi connectivity index (χ0) is 19.0. The number of nitrogen functional groups attached to an aromatic ring is 1. The first-order valence-electron chi connectivity index (χ1n) is 7.21. The van der Waals surface area contributed by atoms with Crippen molar-refractivity contribution in [1.82, 2.24) is 9.78 Å². The highest BCUT2D eigenvalue weighted by atomic mass is 35.5. The minimum absolute atomic E-state index is 0.116. The Balaban J connectivity index is 2.22. The van der Waals surface area contributed by atoms with Crippen LogP contribution >= 0.6 is 58.2 Å². The smallest absolute Gasteiger partial charge is 0.201 e. The van der Waals surface area contributed by atoms with Crippen LogP contribution in [0.5, 0.6) is 0 Å². The van der Waals surface area contributed by atoms with Gasteiger partial charge in [0.15, 0.2) is 0 Å². The van der Waals surface area contributed by atoms with Gasteiger partial charge >= 0.3 is 0 Å². The highest BCUT2D eigenvalue weighted by Gasteiger charge is 2.26. The van der Waals surface area contributed by atoms with E-state index in [2.05, 4.69) is 5.10 Å². The van der Waals surface area contributed by atoms with E-state index < -0.39 is 0 Å². The van der Waals surface area contributed by atoms with Crippen LogP contribution in [0, 0.1) is 0 Å². The molecule has 0 aliphatic carbocycles. The summed E-state index contributed by atoms with van der Waals surface area (Å²) in [6, 6.07) is 9.80. The van der Waals surface area contributed by atoms with Crippen LogP contribution in [0.15, 0.2) is 41.4 Å². The number of thioether (sulfide) groups is 1. The molecule has 4 nitrogen and oxygen atoms in total. The van der Waals surface area contributed by atoms with Crippen LogP contribution in [0.25, 0.3) is 5.69 Å². The fourth-order valence-corrected chi connectivity index (χ4v) is 4.22. The molecule has 134 valence electrons. The Kier molecular flexibility index (Phi) is 5.75. The van der Waals surface area contributed by atoms with Gasteiger partial charge in [0.2, 0.25) is 5.78 Å². The maximum absolute atomic E-state index is 13.0. The maximum atomic E-state index is 13.0. The molecule has 0 spiro atoms. The Hall–Kier alpha value is -1.37. The molecular weight excluding hydrogens is 436 g/mol. The molecule has 9 heteroatoms. The summed E-state index contributed by atoms with van der Waals surface area (Å²) < 4.78 is 1.34. The Morgan fingerprint density at radius 3 is 2.27 bits per heavy atom. The van der Waals surface area contributed by atoms with Crippen molar-refractivity contribution in [3.05, 3.63) is 67.6 Å². The quantitative estimate of drug-likeness (QED) is 0.393. The van der Waals surface area contributed by atoms with Crippen molar-refractivity contribution in [2.45, 2.75) is 5.03 Å². The van der Waals surface area contributed by atoms with Gasteiger partial charge in [0.25, 0.3) is 0 Å². The molecule has 0 aliphatic rings. The number of carbonyl (C=O) groups is 1. The van der Waals surface area contributed by atoms with Crippen LogP contribution < -0.4 is 5.73 Å².